The van der Waals surface area contributed by atoms with Crippen LogP contribution in [0, 0.1) is 17.2 Å². The first kappa shape index (κ1) is 16.6. The van der Waals surface area contributed by atoms with Gasteiger partial charge in [-0.25, -0.2) is 4.79 Å². The second-order valence-corrected chi connectivity index (χ2v) is 5.56. The van der Waals surface area contributed by atoms with Gasteiger partial charge in [0.25, 0.3) is 0 Å². The predicted octanol–water partition coefficient (Wildman–Crippen LogP) is 4.38. The third-order valence-electron chi connectivity index (χ3n) is 3.48. The van der Waals surface area contributed by atoms with Crippen molar-refractivity contribution in [2.75, 3.05) is 4.90 Å². The van der Waals surface area contributed by atoms with Crippen molar-refractivity contribution in [3.63, 3.8) is 0 Å². The summed E-state index contributed by atoms with van der Waals surface area (Å²) in [6, 6.07) is 20.2. The molecule has 0 aromatic heterocycles. The molecule has 0 N–H and O–H groups in total. The van der Waals surface area contributed by atoms with Crippen LogP contribution in [0.2, 0.25) is 0 Å². The molecule has 0 saturated heterocycles. The summed E-state index contributed by atoms with van der Waals surface area (Å²) in [5, 5.41) is 9.46. The average Bonchev–Trinajstić information content (AvgIpc) is 2.58. The Morgan fingerprint density at radius 3 is 2.17 bits per heavy atom. The zero-order chi connectivity index (χ0) is 16.7. The number of anilines is 1. The number of carbonyl (C=O) groups is 1. The number of ether oxygens (including phenoxy) is 1. The number of benzene rings is 2. The molecule has 0 bridgehead atoms. The molecule has 1 atom stereocenters. The first-order valence-corrected chi connectivity index (χ1v) is 7.58. The lowest BCUT2D eigenvalue weighted by Gasteiger charge is -2.29. The van der Waals surface area contributed by atoms with E-state index in [0.717, 1.165) is 5.56 Å². The summed E-state index contributed by atoms with van der Waals surface area (Å²) in [5.41, 5.74) is 1.57. The van der Waals surface area contributed by atoms with Crippen LogP contribution in [-0.2, 0) is 11.3 Å². The van der Waals surface area contributed by atoms with Crippen LogP contribution >= 0.6 is 0 Å². The minimum absolute atomic E-state index is 0.00974. The molecule has 2 aromatic rings. The highest BCUT2D eigenvalue weighted by atomic mass is 16.6. The summed E-state index contributed by atoms with van der Waals surface area (Å²) in [6.07, 6.45) is -0.514. The molecule has 0 aliphatic carbocycles. The Morgan fingerprint density at radius 1 is 1.09 bits per heavy atom. The minimum Gasteiger partial charge on any atom is -0.444 e. The van der Waals surface area contributed by atoms with E-state index in [1.807, 2.05) is 62.4 Å². The van der Waals surface area contributed by atoms with Gasteiger partial charge in [0, 0.05) is 5.69 Å². The van der Waals surface area contributed by atoms with E-state index in [4.69, 9.17) is 4.74 Å². The van der Waals surface area contributed by atoms with E-state index in [-0.39, 0.29) is 12.5 Å². The van der Waals surface area contributed by atoms with Gasteiger partial charge in [-0.3, -0.25) is 4.90 Å². The number of para-hydroxylation sites is 1. The molecule has 2 rings (SSSR count). The first-order chi connectivity index (χ1) is 11.1. The molecule has 1 unspecified atom stereocenters. The molecular formula is C19H20N2O2. The van der Waals surface area contributed by atoms with Gasteiger partial charge in [0.1, 0.15) is 12.6 Å². The predicted molar refractivity (Wildman–Crippen MR) is 89.8 cm³/mol. The van der Waals surface area contributed by atoms with E-state index in [0.29, 0.717) is 5.69 Å². The van der Waals surface area contributed by atoms with Crippen LogP contribution in [0.4, 0.5) is 10.5 Å². The maximum Gasteiger partial charge on any atom is 0.415 e. The number of hydrogen-bond acceptors (Lipinski definition) is 3. The number of nitrogens with zero attached hydrogens (tertiary/aromatic N) is 2. The summed E-state index contributed by atoms with van der Waals surface area (Å²) in [6.45, 7) is 4.00. The Bertz CT molecular complexity index is 663. The van der Waals surface area contributed by atoms with Gasteiger partial charge < -0.3 is 4.74 Å². The van der Waals surface area contributed by atoms with E-state index in [2.05, 4.69) is 6.07 Å². The van der Waals surface area contributed by atoms with Gasteiger partial charge in [-0.15, -0.1) is 0 Å². The molecule has 118 valence electrons. The third-order valence-corrected chi connectivity index (χ3v) is 3.48. The zero-order valence-corrected chi connectivity index (χ0v) is 13.3. The molecule has 1 amide bonds. The van der Waals surface area contributed by atoms with Crippen molar-refractivity contribution in [3.8, 4) is 6.07 Å². The van der Waals surface area contributed by atoms with Crippen molar-refractivity contribution in [2.24, 2.45) is 5.92 Å². The highest BCUT2D eigenvalue weighted by molar-refractivity contribution is 5.89. The monoisotopic (exact) mass is 308 g/mol. The van der Waals surface area contributed by atoms with Crippen LogP contribution in [0.5, 0.6) is 0 Å². The number of amides is 1. The van der Waals surface area contributed by atoms with E-state index >= 15 is 0 Å². The van der Waals surface area contributed by atoms with Crippen molar-refractivity contribution in [2.45, 2.75) is 26.5 Å². The molecule has 4 heteroatoms. The van der Waals surface area contributed by atoms with Crippen LogP contribution < -0.4 is 4.90 Å². The standard InChI is InChI=1S/C19H20N2O2/c1-15(2)18(13-20)21(17-11-7-4-8-12-17)19(22)23-14-16-9-5-3-6-10-16/h3-12,15,18H,14H2,1-2H3. The maximum atomic E-state index is 12.6. The SMILES string of the molecule is CC(C)C(C#N)N(C(=O)OCc1ccccc1)c1ccccc1. The Kier molecular flexibility index (Phi) is 5.76. The van der Waals surface area contributed by atoms with Gasteiger partial charge in [0.2, 0.25) is 0 Å². The lowest BCUT2D eigenvalue weighted by Crippen LogP contribution is -2.43. The molecule has 4 nitrogen and oxygen atoms in total. The van der Waals surface area contributed by atoms with E-state index in [1.165, 1.54) is 4.90 Å². The average molecular weight is 308 g/mol. The Balaban J connectivity index is 2.20. The minimum atomic E-state index is -0.583. The van der Waals surface area contributed by atoms with Gasteiger partial charge in [0.15, 0.2) is 0 Å². The smallest absolute Gasteiger partial charge is 0.415 e. The third kappa shape index (κ3) is 4.33. The fourth-order valence-corrected chi connectivity index (χ4v) is 2.26. The number of rotatable bonds is 5. The summed E-state index contributed by atoms with van der Waals surface area (Å²) in [5.74, 6) is -0.00974. The highest BCUT2D eigenvalue weighted by Gasteiger charge is 2.29. The van der Waals surface area contributed by atoms with Crippen molar-refractivity contribution in [1.29, 1.82) is 5.26 Å². The quantitative estimate of drug-likeness (QED) is 0.823. The van der Waals surface area contributed by atoms with Crippen molar-refractivity contribution < 1.29 is 9.53 Å². The number of nitriles is 1. The van der Waals surface area contributed by atoms with E-state index in [1.54, 1.807) is 12.1 Å². The van der Waals surface area contributed by atoms with Gasteiger partial charge >= 0.3 is 6.09 Å². The fourth-order valence-electron chi connectivity index (χ4n) is 2.26. The molecule has 0 spiro atoms. The number of hydrogen-bond donors (Lipinski definition) is 0. The normalized spacial score (nSPS) is 11.6. The van der Waals surface area contributed by atoms with Crippen LogP contribution in [-0.4, -0.2) is 12.1 Å². The van der Waals surface area contributed by atoms with Gasteiger partial charge in [-0.1, -0.05) is 62.4 Å². The van der Waals surface area contributed by atoms with Crippen LogP contribution in [0.3, 0.4) is 0 Å². The van der Waals surface area contributed by atoms with Crippen LogP contribution in [0.15, 0.2) is 60.7 Å². The summed E-state index contributed by atoms with van der Waals surface area (Å²) < 4.78 is 5.41. The molecule has 23 heavy (non-hydrogen) atoms. The lowest BCUT2D eigenvalue weighted by molar-refractivity contribution is 0.144. The molecule has 0 saturated carbocycles. The number of carbonyl (C=O) groups excluding carboxylic acids is 1. The maximum absolute atomic E-state index is 12.6. The molecule has 0 heterocycles. The van der Waals surface area contributed by atoms with E-state index in [9.17, 15) is 10.1 Å². The van der Waals surface area contributed by atoms with Crippen molar-refractivity contribution >= 4 is 11.8 Å². The summed E-state index contributed by atoms with van der Waals surface area (Å²) >= 11 is 0. The van der Waals surface area contributed by atoms with Gasteiger partial charge in [-0.2, -0.15) is 5.26 Å². The Hall–Kier alpha value is -2.80. The van der Waals surface area contributed by atoms with Gasteiger partial charge in [0.05, 0.1) is 6.07 Å². The molecule has 0 fully saturated rings. The first-order valence-electron chi connectivity index (χ1n) is 7.58. The summed E-state index contributed by atoms with van der Waals surface area (Å²) in [4.78, 5) is 14.0. The molecular weight excluding hydrogens is 288 g/mol. The Morgan fingerprint density at radius 2 is 1.65 bits per heavy atom. The van der Waals surface area contributed by atoms with Crippen molar-refractivity contribution in [1.82, 2.24) is 0 Å². The van der Waals surface area contributed by atoms with Crippen molar-refractivity contribution in [3.05, 3.63) is 66.2 Å². The van der Waals surface area contributed by atoms with Crippen LogP contribution in [0.1, 0.15) is 19.4 Å². The summed E-state index contributed by atoms with van der Waals surface area (Å²) in [7, 11) is 0. The second kappa shape index (κ2) is 8.00. The van der Waals surface area contributed by atoms with E-state index < -0.39 is 12.1 Å². The van der Waals surface area contributed by atoms with Crippen LogP contribution in [0.25, 0.3) is 0 Å². The second-order valence-electron chi connectivity index (χ2n) is 5.56. The Labute approximate surface area is 136 Å². The highest BCUT2D eigenvalue weighted by Crippen LogP contribution is 2.22. The molecule has 0 aliphatic rings. The zero-order valence-electron chi connectivity index (χ0n) is 13.3. The molecule has 0 radical (unpaired) electrons. The molecule has 0 aliphatic heterocycles. The largest absolute Gasteiger partial charge is 0.444 e. The topological polar surface area (TPSA) is 53.3 Å². The fraction of sp³-hybridized carbons (Fsp3) is 0.263. The molecule has 2 aromatic carbocycles. The van der Waals surface area contributed by atoms with Gasteiger partial charge in [-0.05, 0) is 23.6 Å². The lowest BCUT2D eigenvalue weighted by atomic mass is 10.0.